The Balaban J connectivity index is 1.75. The fraction of sp³-hybridized carbons (Fsp3) is 0.353. The number of fused-ring (bicyclic) bond motifs is 1. The van der Waals surface area contributed by atoms with Crippen LogP contribution in [0.4, 0.5) is 17.5 Å². The first-order valence-electron chi connectivity index (χ1n) is 8.07. The summed E-state index contributed by atoms with van der Waals surface area (Å²) in [5.41, 5.74) is 3.01. The quantitative estimate of drug-likeness (QED) is 0.797. The number of hydrogen-bond acceptors (Lipinski definition) is 6. The molecule has 0 aliphatic carbocycles. The Bertz CT molecular complexity index is 851. The van der Waals surface area contributed by atoms with Crippen LogP contribution in [0.25, 0.3) is 11.0 Å². The van der Waals surface area contributed by atoms with Crippen LogP contribution in [0.3, 0.4) is 0 Å². The predicted molar refractivity (Wildman–Crippen MR) is 93.8 cm³/mol. The van der Waals surface area contributed by atoms with Gasteiger partial charge in [0.15, 0.2) is 5.65 Å². The molecule has 1 N–H and O–H groups in total. The summed E-state index contributed by atoms with van der Waals surface area (Å²) >= 11 is 0. The highest BCUT2D eigenvalue weighted by Gasteiger charge is 2.19. The summed E-state index contributed by atoms with van der Waals surface area (Å²) in [6.45, 7) is 5.15. The van der Waals surface area contributed by atoms with E-state index in [1.54, 1.807) is 4.68 Å². The van der Waals surface area contributed by atoms with Crippen molar-refractivity contribution >= 4 is 28.5 Å². The van der Waals surface area contributed by atoms with Gasteiger partial charge in [-0.3, -0.25) is 4.68 Å². The van der Waals surface area contributed by atoms with E-state index in [-0.39, 0.29) is 0 Å². The Morgan fingerprint density at radius 2 is 1.83 bits per heavy atom. The highest BCUT2D eigenvalue weighted by molar-refractivity contribution is 5.88. The maximum Gasteiger partial charge on any atom is 0.231 e. The second kappa shape index (κ2) is 6.09. The van der Waals surface area contributed by atoms with Gasteiger partial charge in [0.1, 0.15) is 5.82 Å². The van der Waals surface area contributed by atoms with E-state index in [2.05, 4.69) is 39.4 Å². The molecule has 3 aromatic rings. The number of aromatic nitrogens is 4. The van der Waals surface area contributed by atoms with Crippen molar-refractivity contribution in [1.29, 1.82) is 0 Å². The molecule has 1 aromatic carbocycles. The molecule has 2 aromatic heterocycles. The molecule has 0 saturated carbocycles. The first-order chi connectivity index (χ1) is 11.7. The van der Waals surface area contributed by atoms with Gasteiger partial charge in [0.05, 0.1) is 24.8 Å². The fourth-order valence-corrected chi connectivity index (χ4v) is 2.85. The number of nitrogens with one attached hydrogen (secondary N) is 1. The van der Waals surface area contributed by atoms with Gasteiger partial charge in [0.2, 0.25) is 5.95 Å². The molecule has 24 heavy (non-hydrogen) atoms. The molecule has 0 atom stereocenters. The Morgan fingerprint density at radius 1 is 1.08 bits per heavy atom. The molecule has 0 amide bonds. The molecule has 7 heteroatoms. The third kappa shape index (κ3) is 2.78. The van der Waals surface area contributed by atoms with Crippen molar-refractivity contribution in [3.8, 4) is 0 Å². The number of aryl methyl sites for hydroxylation is 2. The van der Waals surface area contributed by atoms with E-state index in [1.807, 2.05) is 25.4 Å². The first-order valence-corrected chi connectivity index (χ1v) is 8.07. The number of ether oxygens (including phenoxy) is 1. The molecule has 0 bridgehead atoms. The van der Waals surface area contributed by atoms with Crippen LogP contribution in [0.1, 0.15) is 5.56 Å². The van der Waals surface area contributed by atoms with E-state index in [1.165, 1.54) is 5.56 Å². The minimum absolute atomic E-state index is 0.580. The summed E-state index contributed by atoms with van der Waals surface area (Å²) < 4.78 is 7.23. The summed E-state index contributed by atoms with van der Waals surface area (Å²) in [4.78, 5) is 11.6. The van der Waals surface area contributed by atoms with Crippen molar-refractivity contribution in [1.82, 2.24) is 19.7 Å². The zero-order valence-corrected chi connectivity index (χ0v) is 13.9. The van der Waals surface area contributed by atoms with Crippen molar-refractivity contribution in [3.63, 3.8) is 0 Å². The zero-order chi connectivity index (χ0) is 16.5. The Kier molecular flexibility index (Phi) is 3.78. The fourth-order valence-electron chi connectivity index (χ4n) is 2.85. The summed E-state index contributed by atoms with van der Waals surface area (Å²) in [6, 6.07) is 8.18. The molecule has 3 heterocycles. The van der Waals surface area contributed by atoms with Crippen LogP contribution in [-0.4, -0.2) is 46.1 Å². The lowest BCUT2D eigenvalue weighted by atomic mass is 10.2. The van der Waals surface area contributed by atoms with E-state index in [4.69, 9.17) is 9.72 Å². The van der Waals surface area contributed by atoms with Gasteiger partial charge >= 0.3 is 0 Å². The molecule has 4 rings (SSSR count). The van der Waals surface area contributed by atoms with Crippen molar-refractivity contribution in [2.24, 2.45) is 7.05 Å². The smallest absolute Gasteiger partial charge is 0.231 e. The van der Waals surface area contributed by atoms with Crippen molar-refractivity contribution < 1.29 is 4.74 Å². The number of hydrogen-bond donors (Lipinski definition) is 1. The Morgan fingerprint density at radius 3 is 2.58 bits per heavy atom. The highest BCUT2D eigenvalue weighted by Crippen LogP contribution is 2.26. The van der Waals surface area contributed by atoms with Crippen LogP contribution >= 0.6 is 0 Å². The number of benzene rings is 1. The Labute approximate surface area is 140 Å². The molecule has 1 aliphatic rings. The van der Waals surface area contributed by atoms with Gasteiger partial charge in [-0.2, -0.15) is 15.1 Å². The van der Waals surface area contributed by atoms with Crippen LogP contribution in [0.15, 0.2) is 30.5 Å². The second-order valence-corrected chi connectivity index (χ2v) is 5.97. The van der Waals surface area contributed by atoms with Gasteiger partial charge in [-0.1, -0.05) is 17.7 Å². The average molecular weight is 324 g/mol. The van der Waals surface area contributed by atoms with Gasteiger partial charge in [-0.15, -0.1) is 0 Å². The van der Waals surface area contributed by atoms with E-state index >= 15 is 0 Å². The Hall–Kier alpha value is -2.67. The van der Waals surface area contributed by atoms with E-state index in [0.717, 1.165) is 35.6 Å². The van der Waals surface area contributed by atoms with Crippen molar-refractivity contribution in [3.05, 3.63) is 36.0 Å². The standard InChI is InChI=1S/C17H20N6O/c1-12-3-5-13(6-4-12)19-17-20-15-14(11-18-22(15)2)16(21-17)23-7-9-24-10-8-23/h3-6,11H,7-10H2,1-2H3,(H,19,20,21). The summed E-state index contributed by atoms with van der Waals surface area (Å²) in [5, 5.41) is 8.60. The van der Waals surface area contributed by atoms with Crippen LogP contribution in [-0.2, 0) is 11.8 Å². The second-order valence-electron chi connectivity index (χ2n) is 5.97. The van der Waals surface area contributed by atoms with Gasteiger partial charge in [0, 0.05) is 25.8 Å². The van der Waals surface area contributed by atoms with E-state index < -0.39 is 0 Å². The molecular weight excluding hydrogens is 304 g/mol. The van der Waals surface area contributed by atoms with E-state index in [0.29, 0.717) is 19.2 Å². The summed E-state index contributed by atoms with van der Waals surface area (Å²) in [5.74, 6) is 1.49. The SMILES string of the molecule is Cc1ccc(Nc2nc(N3CCOCC3)c3cnn(C)c3n2)cc1. The molecule has 1 saturated heterocycles. The van der Waals surface area contributed by atoms with Crippen LogP contribution in [0.2, 0.25) is 0 Å². The summed E-state index contributed by atoms with van der Waals surface area (Å²) in [6.07, 6.45) is 1.83. The monoisotopic (exact) mass is 324 g/mol. The normalized spacial score (nSPS) is 15.0. The number of morpholine rings is 1. The lowest BCUT2D eigenvalue weighted by Crippen LogP contribution is -2.37. The average Bonchev–Trinajstić information content (AvgIpc) is 2.98. The zero-order valence-electron chi connectivity index (χ0n) is 13.9. The van der Waals surface area contributed by atoms with Crippen LogP contribution in [0, 0.1) is 6.92 Å². The lowest BCUT2D eigenvalue weighted by Gasteiger charge is -2.28. The molecule has 124 valence electrons. The third-order valence-electron chi connectivity index (χ3n) is 4.19. The highest BCUT2D eigenvalue weighted by atomic mass is 16.5. The molecule has 1 fully saturated rings. The van der Waals surface area contributed by atoms with Gasteiger partial charge in [-0.25, -0.2) is 0 Å². The van der Waals surface area contributed by atoms with Gasteiger partial charge < -0.3 is 15.0 Å². The van der Waals surface area contributed by atoms with Crippen LogP contribution in [0.5, 0.6) is 0 Å². The maximum absolute atomic E-state index is 5.45. The predicted octanol–water partition coefficient (Wildman–Crippen LogP) is 2.25. The van der Waals surface area contributed by atoms with E-state index in [9.17, 15) is 0 Å². The van der Waals surface area contributed by atoms with Crippen molar-refractivity contribution in [2.75, 3.05) is 36.5 Å². The minimum atomic E-state index is 0.580. The minimum Gasteiger partial charge on any atom is -0.378 e. The molecule has 0 spiro atoms. The maximum atomic E-state index is 5.45. The number of anilines is 3. The molecule has 0 unspecified atom stereocenters. The first kappa shape index (κ1) is 14.9. The number of nitrogens with zero attached hydrogens (tertiary/aromatic N) is 5. The molecule has 0 radical (unpaired) electrons. The molecule has 1 aliphatic heterocycles. The third-order valence-corrected chi connectivity index (χ3v) is 4.19. The largest absolute Gasteiger partial charge is 0.378 e. The number of rotatable bonds is 3. The molecule has 7 nitrogen and oxygen atoms in total. The lowest BCUT2D eigenvalue weighted by molar-refractivity contribution is 0.122. The van der Waals surface area contributed by atoms with Gasteiger partial charge in [0.25, 0.3) is 0 Å². The van der Waals surface area contributed by atoms with Gasteiger partial charge in [-0.05, 0) is 19.1 Å². The van der Waals surface area contributed by atoms with Crippen LogP contribution < -0.4 is 10.2 Å². The summed E-state index contributed by atoms with van der Waals surface area (Å²) in [7, 11) is 1.90. The van der Waals surface area contributed by atoms with Crippen molar-refractivity contribution in [2.45, 2.75) is 6.92 Å². The molecular formula is C17H20N6O. The topological polar surface area (TPSA) is 68.1 Å².